The summed E-state index contributed by atoms with van der Waals surface area (Å²) in [5.41, 5.74) is -1.04. The third-order valence-electron chi connectivity index (χ3n) is 3.48. The fraction of sp³-hybridized carbons (Fsp3) is 0.0625. The zero-order valence-electron chi connectivity index (χ0n) is 12.7. The van der Waals surface area contributed by atoms with Crippen LogP contribution < -0.4 is 5.56 Å². The van der Waals surface area contributed by atoms with Gasteiger partial charge in [-0.1, -0.05) is 11.6 Å². The second-order valence-corrected chi connectivity index (χ2v) is 6.08. The van der Waals surface area contributed by atoms with Crippen molar-refractivity contribution in [2.24, 2.45) is 4.99 Å². The lowest BCUT2D eigenvalue weighted by molar-refractivity contribution is -0.137. The maximum absolute atomic E-state index is 12.9. The lowest BCUT2D eigenvalue weighted by Gasteiger charge is -2.09. The SMILES string of the molecule is O=c1[nH]c(=S)[nH]c(O)c1/C=C1\C=CC(c2cc(C(F)(F)F)ccc2Cl)=N1. The van der Waals surface area contributed by atoms with E-state index in [1.165, 1.54) is 18.2 Å². The molecule has 1 aliphatic rings. The summed E-state index contributed by atoms with van der Waals surface area (Å²) in [6, 6.07) is 2.93. The molecule has 3 N–H and O–H groups in total. The molecule has 1 aliphatic heterocycles. The molecule has 2 heterocycles. The Morgan fingerprint density at radius 2 is 1.96 bits per heavy atom. The van der Waals surface area contributed by atoms with Gasteiger partial charge in [0.2, 0.25) is 5.88 Å². The molecule has 0 radical (unpaired) electrons. The summed E-state index contributed by atoms with van der Waals surface area (Å²) < 4.78 is 38.6. The lowest BCUT2D eigenvalue weighted by Crippen LogP contribution is -2.11. The summed E-state index contributed by atoms with van der Waals surface area (Å²) in [6.07, 6.45) is -0.303. The summed E-state index contributed by atoms with van der Waals surface area (Å²) in [7, 11) is 0. The van der Waals surface area contributed by atoms with Crippen molar-refractivity contribution in [1.29, 1.82) is 0 Å². The van der Waals surface area contributed by atoms with E-state index in [-0.39, 0.29) is 32.3 Å². The number of aromatic nitrogens is 2. The monoisotopic (exact) mass is 399 g/mol. The van der Waals surface area contributed by atoms with Crippen molar-refractivity contribution in [2.45, 2.75) is 6.18 Å². The topological polar surface area (TPSA) is 81.2 Å². The minimum absolute atomic E-state index is 0.0449. The first kappa shape index (κ1) is 18.2. The highest BCUT2D eigenvalue weighted by Crippen LogP contribution is 2.33. The molecule has 2 aromatic rings. The summed E-state index contributed by atoms with van der Waals surface area (Å²) >= 11 is 10.7. The maximum atomic E-state index is 12.9. The van der Waals surface area contributed by atoms with E-state index in [0.29, 0.717) is 0 Å². The molecule has 0 aliphatic carbocycles. The molecule has 0 saturated heterocycles. The van der Waals surface area contributed by atoms with Crippen LogP contribution >= 0.6 is 23.8 Å². The average Bonchev–Trinajstić information content (AvgIpc) is 2.98. The minimum Gasteiger partial charge on any atom is -0.494 e. The van der Waals surface area contributed by atoms with Gasteiger partial charge in [-0.05, 0) is 48.6 Å². The first-order chi connectivity index (χ1) is 12.1. The molecule has 0 unspecified atom stereocenters. The third-order valence-corrected chi connectivity index (χ3v) is 4.02. The van der Waals surface area contributed by atoms with Crippen molar-refractivity contribution in [1.82, 2.24) is 9.97 Å². The number of aromatic amines is 2. The predicted octanol–water partition coefficient (Wildman–Crippen LogP) is 4.21. The van der Waals surface area contributed by atoms with E-state index in [1.807, 2.05) is 0 Å². The van der Waals surface area contributed by atoms with Gasteiger partial charge in [-0.3, -0.25) is 9.78 Å². The van der Waals surface area contributed by atoms with Gasteiger partial charge in [-0.25, -0.2) is 4.99 Å². The number of benzene rings is 1. The molecule has 3 rings (SSSR count). The Hall–Kier alpha value is -2.65. The molecule has 1 aromatic heterocycles. The largest absolute Gasteiger partial charge is 0.494 e. The number of H-pyrrole nitrogens is 2. The molecule has 5 nitrogen and oxygen atoms in total. The first-order valence-corrected chi connectivity index (χ1v) is 7.85. The number of nitrogens with one attached hydrogen (secondary N) is 2. The molecule has 0 saturated carbocycles. The van der Waals surface area contributed by atoms with Crippen LogP contribution in [0.3, 0.4) is 0 Å². The first-order valence-electron chi connectivity index (χ1n) is 7.06. The number of aromatic hydroxyl groups is 1. The van der Waals surface area contributed by atoms with E-state index in [4.69, 9.17) is 23.8 Å². The van der Waals surface area contributed by atoms with E-state index in [9.17, 15) is 23.1 Å². The molecule has 10 heteroatoms. The van der Waals surface area contributed by atoms with Crippen LogP contribution in [0.15, 0.2) is 45.8 Å². The molecule has 134 valence electrons. The Balaban J connectivity index is 2.03. The smallest absolute Gasteiger partial charge is 0.416 e. The van der Waals surface area contributed by atoms with Crippen molar-refractivity contribution in [3.8, 4) is 5.88 Å². The molecule has 0 bridgehead atoms. The van der Waals surface area contributed by atoms with Crippen LogP contribution in [-0.2, 0) is 6.18 Å². The van der Waals surface area contributed by atoms with E-state index in [2.05, 4.69) is 15.0 Å². The molecule has 0 atom stereocenters. The summed E-state index contributed by atoms with van der Waals surface area (Å²) in [5.74, 6) is -0.444. The van der Waals surface area contributed by atoms with Gasteiger partial charge in [0.15, 0.2) is 4.77 Å². The van der Waals surface area contributed by atoms with E-state index >= 15 is 0 Å². The van der Waals surface area contributed by atoms with Crippen LogP contribution in [0.5, 0.6) is 5.88 Å². The predicted molar refractivity (Wildman–Crippen MR) is 94.0 cm³/mol. The number of hydrogen-bond donors (Lipinski definition) is 3. The number of rotatable bonds is 2. The fourth-order valence-corrected chi connectivity index (χ4v) is 2.68. The second kappa shape index (κ2) is 6.58. The average molecular weight is 400 g/mol. The lowest BCUT2D eigenvalue weighted by atomic mass is 10.1. The van der Waals surface area contributed by atoms with E-state index < -0.39 is 23.2 Å². The summed E-state index contributed by atoms with van der Waals surface area (Å²) in [4.78, 5) is 20.7. The zero-order chi connectivity index (χ0) is 19.1. The number of nitrogens with zero attached hydrogens (tertiary/aromatic N) is 1. The van der Waals surface area contributed by atoms with Crippen molar-refractivity contribution in [2.75, 3.05) is 0 Å². The van der Waals surface area contributed by atoms with Gasteiger partial charge in [-0.15, -0.1) is 0 Å². The van der Waals surface area contributed by atoms with Gasteiger partial charge in [-0.2, -0.15) is 13.2 Å². The molecule has 26 heavy (non-hydrogen) atoms. The molecular formula is C16H9ClF3N3O2S. The normalized spacial score (nSPS) is 15.5. The van der Waals surface area contributed by atoms with Crippen molar-refractivity contribution >= 4 is 35.6 Å². The van der Waals surface area contributed by atoms with Crippen LogP contribution in [0.4, 0.5) is 13.2 Å². The van der Waals surface area contributed by atoms with Crippen LogP contribution in [0.1, 0.15) is 16.7 Å². The summed E-state index contributed by atoms with van der Waals surface area (Å²) in [5, 5.41) is 9.88. The fourth-order valence-electron chi connectivity index (χ4n) is 2.27. The van der Waals surface area contributed by atoms with Crippen molar-refractivity contribution in [3.05, 3.63) is 72.9 Å². The van der Waals surface area contributed by atoms with Crippen LogP contribution in [-0.4, -0.2) is 20.8 Å². The minimum atomic E-state index is -4.51. The Morgan fingerprint density at radius 1 is 1.23 bits per heavy atom. The van der Waals surface area contributed by atoms with E-state index in [1.54, 1.807) is 0 Å². The van der Waals surface area contributed by atoms with Gasteiger partial charge in [0.05, 0.1) is 17.0 Å². The Bertz CT molecular complexity index is 1100. The van der Waals surface area contributed by atoms with Gasteiger partial charge >= 0.3 is 6.18 Å². The second-order valence-electron chi connectivity index (χ2n) is 5.26. The quantitative estimate of drug-likeness (QED) is 0.662. The Morgan fingerprint density at radius 3 is 2.62 bits per heavy atom. The van der Waals surface area contributed by atoms with Gasteiger partial charge in [0.25, 0.3) is 5.56 Å². The highest BCUT2D eigenvalue weighted by Gasteiger charge is 2.31. The van der Waals surface area contributed by atoms with Gasteiger partial charge < -0.3 is 10.1 Å². The highest BCUT2D eigenvalue weighted by atomic mass is 35.5. The number of allylic oxidation sites excluding steroid dienone is 2. The van der Waals surface area contributed by atoms with Crippen molar-refractivity contribution in [3.63, 3.8) is 0 Å². The Kier molecular flexibility index (Phi) is 4.59. The number of hydrogen-bond acceptors (Lipinski definition) is 4. The standard InChI is InChI=1S/C16H9ClF3N3O2S/c17-11-3-1-7(16(18,19)20)5-9(11)12-4-2-8(21-12)6-10-13(24)22-15(26)23-14(10)25/h1-6H,(H3,22,23,24,25,26)/b8-6+. The molecule has 0 fully saturated rings. The van der Waals surface area contributed by atoms with Crippen LogP contribution in [0, 0.1) is 4.77 Å². The number of alkyl halides is 3. The molecular weight excluding hydrogens is 391 g/mol. The van der Waals surface area contributed by atoms with Crippen molar-refractivity contribution < 1.29 is 18.3 Å². The molecule has 0 spiro atoms. The zero-order valence-corrected chi connectivity index (χ0v) is 14.3. The number of aliphatic imine (C=N–C) groups is 1. The highest BCUT2D eigenvalue weighted by molar-refractivity contribution is 7.71. The van der Waals surface area contributed by atoms with Gasteiger partial charge in [0, 0.05) is 10.6 Å². The Labute approximate surface area is 154 Å². The van der Waals surface area contributed by atoms with E-state index in [0.717, 1.165) is 18.2 Å². The van der Waals surface area contributed by atoms with Crippen LogP contribution in [0.2, 0.25) is 5.02 Å². The molecule has 0 amide bonds. The van der Waals surface area contributed by atoms with Gasteiger partial charge in [0.1, 0.15) is 5.56 Å². The molecule has 1 aromatic carbocycles. The third kappa shape index (κ3) is 3.63. The van der Waals surface area contributed by atoms with Crippen LogP contribution in [0.25, 0.3) is 6.08 Å². The summed E-state index contributed by atoms with van der Waals surface area (Å²) in [6.45, 7) is 0. The maximum Gasteiger partial charge on any atom is 0.416 e. The number of halogens is 4.